The van der Waals surface area contributed by atoms with Gasteiger partial charge in [-0.25, -0.2) is 0 Å². The number of phenolic OH excluding ortho intramolecular Hbond substituents is 1. The normalized spacial score (nSPS) is 12.5. The van der Waals surface area contributed by atoms with Gasteiger partial charge in [0, 0.05) is 6.54 Å². The minimum atomic E-state index is -1.01. The fourth-order valence-electron chi connectivity index (χ4n) is 1.41. The van der Waals surface area contributed by atoms with Crippen LogP contribution in [0.15, 0.2) is 12.1 Å². The largest absolute Gasteiger partial charge is 0.506 e. The van der Waals surface area contributed by atoms with Crippen LogP contribution in [0.2, 0.25) is 5.02 Å². The number of hydrogen-bond donors (Lipinski definition) is 3. The van der Waals surface area contributed by atoms with E-state index in [1.54, 1.807) is 6.92 Å². The Kier molecular flexibility index (Phi) is 3.55. The molecule has 0 saturated heterocycles. The molecular formula is C10H12ClNO3. The predicted octanol–water partition coefficient (Wildman–Crippen LogP) is 1.48. The third-order valence-corrected chi connectivity index (χ3v) is 2.55. The summed E-state index contributed by atoms with van der Waals surface area (Å²) in [5.74, 6) is -1.95. The zero-order valence-corrected chi connectivity index (χ0v) is 8.95. The van der Waals surface area contributed by atoms with Crippen molar-refractivity contribution in [3.05, 3.63) is 28.3 Å². The summed E-state index contributed by atoms with van der Waals surface area (Å²) in [6.07, 6.45) is 0. The molecule has 0 radical (unpaired) electrons. The molecule has 15 heavy (non-hydrogen) atoms. The minimum Gasteiger partial charge on any atom is -0.506 e. The number of nitrogens with two attached hydrogens (primary N) is 1. The van der Waals surface area contributed by atoms with Crippen molar-refractivity contribution in [3.8, 4) is 5.75 Å². The Morgan fingerprint density at radius 2 is 2.20 bits per heavy atom. The van der Waals surface area contributed by atoms with Gasteiger partial charge in [-0.3, -0.25) is 4.79 Å². The van der Waals surface area contributed by atoms with Crippen molar-refractivity contribution in [2.24, 2.45) is 5.73 Å². The van der Waals surface area contributed by atoms with Crippen molar-refractivity contribution >= 4 is 17.6 Å². The maximum absolute atomic E-state index is 10.9. The highest BCUT2D eigenvalue weighted by Gasteiger charge is 2.21. The van der Waals surface area contributed by atoms with Gasteiger partial charge in [0.2, 0.25) is 0 Å². The molecule has 1 rings (SSSR count). The summed E-state index contributed by atoms with van der Waals surface area (Å²) >= 11 is 5.68. The third-order valence-electron chi connectivity index (χ3n) is 2.24. The first-order valence-corrected chi connectivity index (χ1v) is 4.77. The van der Waals surface area contributed by atoms with Crippen LogP contribution in [0.3, 0.4) is 0 Å². The summed E-state index contributed by atoms with van der Waals surface area (Å²) in [7, 11) is 0. The smallest absolute Gasteiger partial charge is 0.312 e. The second kappa shape index (κ2) is 4.51. The summed E-state index contributed by atoms with van der Waals surface area (Å²) in [6.45, 7) is 1.71. The molecule has 4 N–H and O–H groups in total. The van der Waals surface area contributed by atoms with E-state index in [-0.39, 0.29) is 17.3 Å². The maximum Gasteiger partial charge on any atom is 0.312 e. The van der Waals surface area contributed by atoms with Gasteiger partial charge in [-0.05, 0) is 30.2 Å². The van der Waals surface area contributed by atoms with E-state index in [9.17, 15) is 9.90 Å². The topological polar surface area (TPSA) is 83.5 Å². The molecule has 0 aliphatic rings. The highest BCUT2D eigenvalue weighted by Crippen LogP contribution is 2.30. The van der Waals surface area contributed by atoms with E-state index in [0.717, 1.165) is 0 Å². The number of hydrogen-bond acceptors (Lipinski definition) is 3. The van der Waals surface area contributed by atoms with Crippen LogP contribution in [0.25, 0.3) is 0 Å². The SMILES string of the molecule is Cc1cc(Cl)c(O)cc1C(CN)C(=O)O. The van der Waals surface area contributed by atoms with Gasteiger partial charge in [-0.1, -0.05) is 11.6 Å². The molecule has 82 valence electrons. The molecule has 0 aliphatic carbocycles. The molecule has 0 fully saturated rings. The molecule has 5 heteroatoms. The van der Waals surface area contributed by atoms with Crippen LogP contribution in [-0.4, -0.2) is 22.7 Å². The summed E-state index contributed by atoms with van der Waals surface area (Å²) in [4.78, 5) is 10.9. The molecule has 0 saturated carbocycles. The van der Waals surface area contributed by atoms with Crippen LogP contribution in [0, 0.1) is 6.92 Å². The Hall–Kier alpha value is -1.26. The Bertz CT molecular complexity index is 392. The first-order valence-electron chi connectivity index (χ1n) is 4.39. The Balaban J connectivity index is 3.24. The van der Waals surface area contributed by atoms with E-state index >= 15 is 0 Å². The molecule has 1 atom stereocenters. The second-order valence-corrected chi connectivity index (χ2v) is 3.69. The predicted molar refractivity (Wildman–Crippen MR) is 57.3 cm³/mol. The lowest BCUT2D eigenvalue weighted by Crippen LogP contribution is -2.21. The van der Waals surface area contributed by atoms with Gasteiger partial charge in [0.25, 0.3) is 0 Å². The standard InChI is InChI=1S/C10H12ClNO3/c1-5-2-8(11)9(13)3-6(5)7(4-12)10(14)15/h2-3,7,13H,4,12H2,1H3,(H,14,15). The van der Waals surface area contributed by atoms with Crippen LogP contribution in [0.5, 0.6) is 5.75 Å². The molecule has 0 heterocycles. The number of carboxylic acids is 1. The minimum absolute atomic E-state index is 0.0166. The number of aromatic hydroxyl groups is 1. The number of benzene rings is 1. The van der Waals surface area contributed by atoms with Gasteiger partial charge < -0.3 is 15.9 Å². The first kappa shape index (κ1) is 11.8. The molecule has 0 aromatic heterocycles. The monoisotopic (exact) mass is 229 g/mol. The van der Waals surface area contributed by atoms with Crippen molar-refractivity contribution in [1.82, 2.24) is 0 Å². The van der Waals surface area contributed by atoms with Crippen LogP contribution in [0.1, 0.15) is 17.0 Å². The van der Waals surface area contributed by atoms with Crippen molar-refractivity contribution < 1.29 is 15.0 Å². The molecule has 1 aromatic rings. The molecule has 0 spiro atoms. The second-order valence-electron chi connectivity index (χ2n) is 3.29. The van der Waals surface area contributed by atoms with Crippen molar-refractivity contribution in [1.29, 1.82) is 0 Å². The Labute approximate surface area is 92.3 Å². The molecule has 0 aliphatic heterocycles. The fraction of sp³-hybridized carbons (Fsp3) is 0.300. The van der Waals surface area contributed by atoms with Crippen molar-refractivity contribution in [3.63, 3.8) is 0 Å². The quantitative estimate of drug-likeness (QED) is 0.733. The molecule has 1 aromatic carbocycles. The zero-order chi connectivity index (χ0) is 11.6. The Morgan fingerprint density at radius 1 is 1.60 bits per heavy atom. The lowest BCUT2D eigenvalue weighted by atomic mass is 9.95. The number of carboxylic acid groups (broad SMARTS) is 1. The Morgan fingerprint density at radius 3 is 2.67 bits per heavy atom. The summed E-state index contributed by atoms with van der Waals surface area (Å²) < 4.78 is 0. The highest BCUT2D eigenvalue weighted by atomic mass is 35.5. The van der Waals surface area contributed by atoms with E-state index in [1.165, 1.54) is 12.1 Å². The van der Waals surface area contributed by atoms with E-state index in [0.29, 0.717) is 11.1 Å². The number of aryl methyl sites for hydroxylation is 1. The van der Waals surface area contributed by atoms with E-state index in [4.69, 9.17) is 22.4 Å². The molecule has 0 amide bonds. The zero-order valence-electron chi connectivity index (χ0n) is 8.20. The van der Waals surface area contributed by atoms with Crippen molar-refractivity contribution in [2.45, 2.75) is 12.8 Å². The lowest BCUT2D eigenvalue weighted by molar-refractivity contribution is -0.138. The summed E-state index contributed by atoms with van der Waals surface area (Å²) in [6, 6.07) is 2.88. The van der Waals surface area contributed by atoms with Crippen LogP contribution < -0.4 is 5.73 Å². The van der Waals surface area contributed by atoms with Gasteiger partial charge in [-0.15, -0.1) is 0 Å². The molecule has 4 nitrogen and oxygen atoms in total. The van der Waals surface area contributed by atoms with E-state index < -0.39 is 11.9 Å². The van der Waals surface area contributed by atoms with Crippen molar-refractivity contribution in [2.75, 3.05) is 6.54 Å². The van der Waals surface area contributed by atoms with Gasteiger partial charge in [0.15, 0.2) is 0 Å². The number of phenols is 1. The molecule has 1 unspecified atom stereocenters. The van der Waals surface area contributed by atoms with Crippen LogP contribution >= 0.6 is 11.6 Å². The van der Waals surface area contributed by atoms with E-state index in [2.05, 4.69) is 0 Å². The van der Waals surface area contributed by atoms with Crippen LogP contribution in [0.4, 0.5) is 0 Å². The fourth-order valence-corrected chi connectivity index (χ4v) is 1.63. The first-order chi connectivity index (χ1) is 6.97. The van der Waals surface area contributed by atoms with Gasteiger partial charge >= 0.3 is 5.97 Å². The van der Waals surface area contributed by atoms with Crippen LogP contribution in [-0.2, 0) is 4.79 Å². The number of carbonyl (C=O) groups is 1. The number of rotatable bonds is 3. The molecule has 0 bridgehead atoms. The average Bonchev–Trinajstić information content (AvgIpc) is 2.14. The number of aliphatic carboxylic acids is 1. The average molecular weight is 230 g/mol. The van der Waals surface area contributed by atoms with E-state index in [1.807, 2.05) is 0 Å². The van der Waals surface area contributed by atoms with Gasteiger partial charge in [0.05, 0.1) is 10.9 Å². The summed E-state index contributed by atoms with van der Waals surface area (Å²) in [5, 5.41) is 18.5. The molecular weight excluding hydrogens is 218 g/mol. The lowest BCUT2D eigenvalue weighted by Gasteiger charge is -2.14. The third kappa shape index (κ3) is 2.40. The van der Waals surface area contributed by atoms with Gasteiger partial charge in [-0.2, -0.15) is 0 Å². The maximum atomic E-state index is 10.9. The number of halogens is 1. The van der Waals surface area contributed by atoms with Gasteiger partial charge in [0.1, 0.15) is 5.75 Å². The highest BCUT2D eigenvalue weighted by molar-refractivity contribution is 6.32. The summed E-state index contributed by atoms with van der Waals surface area (Å²) in [5.41, 5.74) is 6.56.